The second-order valence-electron chi connectivity index (χ2n) is 4.76. The van der Waals surface area contributed by atoms with Gasteiger partial charge in [0.2, 0.25) is 0 Å². The maximum atomic E-state index is 11.9. The van der Waals surface area contributed by atoms with Crippen LogP contribution in [0.15, 0.2) is 12.3 Å². The number of aliphatic hydroxyl groups is 1. The lowest BCUT2D eigenvalue weighted by atomic mass is 10.0. The molecule has 1 amide bonds. The molecular formula is C12H16ClN3O2. The zero-order valence-electron chi connectivity index (χ0n) is 9.95. The van der Waals surface area contributed by atoms with E-state index in [1.54, 1.807) is 0 Å². The van der Waals surface area contributed by atoms with Crippen LogP contribution in [0.1, 0.15) is 29.6 Å². The summed E-state index contributed by atoms with van der Waals surface area (Å²) in [5.41, 5.74) is 6.34. The standard InChI is InChI=1S/C12H16ClN3O2/c13-10-9(5-8(14)6-15-10)11(18)16-7-12(1-2-12)3-4-17/h5-6,17H,1-4,7,14H2,(H,16,18). The smallest absolute Gasteiger partial charge is 0.254 e. The summed E-state index contributed by atoms with van der Waals surface area (Å²) in [6, 6.07) is 1.51. The van der Waals surface area contributed by atoms with Crippen molar-refractivity contribution in [2.24, 2.45) is 5.41 Å². The molecule has 1 aromatic heterocycles. The van der Waals surface area contributed by atoms with Crippen molar-refractivity contribution in [3.63, 3.8) is 0 Å². The van der Waals surface area contributed by atoms with Gasteiger partial charge in [-0.05, 0) is 30.7 Å². The summed E-state index contributed by atoms with van der Waals surface area (Å²) in [5.74, 6) is -0.274. The number of carbonyl (C=O) groups excluding carboxylic acids is 1. The Bertz CT molecular complexity index is 461. The molecule has 1 aromatic rings. The van der Waals surface area contributed by atoms with E-state index in [1.807, 2.05) is 0 Å². The second kappa shape index (κ2) is 5.12. The predicted molar refractivity (Wildman–Crippen MR) is 69.4 cm³/mol. The largest absolute Gasteiger partial charge is 0.397 e. The highest BCUT2D eigenvalue weighted by molar-refractivity contribution is 6.32. The van der Waals surface area contributed by atoms with Gasteiger partial charge in [0, 0.05) is 13.2 Å². The first kappa shape index (κ1) is 13.1. The topological polar surface area (TPSA) is 88.2 Å². The van der Waals surface area contributed by atoms with Gasteiger partial charge >= 0.3 is 0 Å². The highest BCUT2D eigenvalue weighted by atomic mass is 35.5. The molecule has 0 saturated heterocycles. The molecule has 6 heteroatoms. The molecule has 0 aromatic carbocycles. The van der Waals surface area contributed by atoms with Crippen molar-refractivity contribution >= 4 is 23.2 Å². The summed E-state index contributed by atoms with van der Waals surface area (Å²) in [6.07, 6.45) is 4.21. The van der Waals surface area contributed by atoms with E-state index in [-0.39, 0.29) is 28.6 Å². The number of amides is 1. The second-order valence-corrected chi connectivity index (χ2v) is 5.12. The van der Waals surface area contributed by atoms with Crippen LogP contribution in [-0.2, 0) is 0 Å². The summed E-state index contributed by atoms with van der Waals surface area (Å²) in [4.78, 5) is 15.8. The number of aliphatic hydroxyl groups excluding tert-OH is 1. The molecule has 1 aliphatic carbocycles. The van der Waals surface area contributed by atoms with E-state index in [2.05, 4.69) is 10.3 Å². The average molecular weight is 270 g/mol. The Kier molecular flexibility index (Phi) is 3.73. The van der Waals surface area contributed by atoms with Gasteiger partial charge in [-0.15, -0.1) is 0 Å². The van der Waals surface area contributed by atoms with Gasteiger partial charge in [0.15, 0.2) is 0 Å². The van der Waals surface area contributed by atoms with E-state index in [0.29, 0.717) is 12.2 Å². The SMILES string of the molecule is Nc1cnc(Cl)c(C(=O)NCC2(CCO)CC2)c1. The van der Waals surface area contributed by atoms with Gasteiger partial charge in [0.1, 0.15) is 5.15 Å². The van der Waals surface area contributed by atoms with Crippen molar-refractivity contribution < 1.29 is 9.90 Å². The van der Waals surface area contributed by atoms with Crippen molar-refractivity contribution in [1.29, 1.82) is 0 Å². The van der Waals surface area contributed by atoms with Gasteiger partial charge in [-0.1, -0.05) is 11.6 Å². The number of nitrogens with zero attached hydrogens (tertiary/aromatic N) is 1. The Morgan fingerprint density at radius 1 is 1.61 bits per heavy atom. The Labute approximate surface area is 110 Å². The summed E-state index contributed by atoms with van der Waals surface area (Å²) in [7, 11) is 0. The van der Waals surface area contributed by atoms with E-state index in [0.717, 1.165) is 19.3 Å². The van der Waals surface area contributed by atoms with Crippen LogP contribution < -0.4 is 11.1 Å². The van der Waals surface area contributed by atoms with Crippen LogP contribution in [0.3, 0.4) is 0 Å². The third-order valence-electron chi connectivity index (χ3n) is 3.33. The molecule has 5 nitrogen and oxygen atoms in total. The number of nitrogens with two attached hydrogens (primary N) is 1. The molecule has 0 radical (unpaired) electrons. The summed E-state index contributed by atoms with van der Waals surface area (Å²) >= 11 is 5.85. The Balaban J connectivity index is 1.98. The average Bonchev–Trinajstić information content (AvgIpc) is 3.10. The van der Waals surface area contributed by atoms with Crippen molar-refractivity contribution in [3.05, 3.63) is 23.0 Å². The summed E-state index contributed by atoms with van der Waals surface area (Å²) < 4.78 is 0. The van der Waals surface area contributed by atoms with Crippen LogP contribution >= 0.6 is 11.6 Å². The number of rotatable bonds is 5. The molecule has 1 fully saturated rings. The number of carbonyl (C=O) groups is 1. The number of aromatic nitrogens is 1. The first-order valence-electron chi connectivity index (χ1n) is 5.86. The number of hydrogen-bond acceptors (Lipinski definition) is 4. The fourth-order valence-corrected chi connectivity index (χ4v) is 2.10. The maximum absolute atomic E-state index is 11.9. The van der Waals surface area contributed by atoms with Crippen LogP contribution in [-0.4, -0.2) is 29.1 Å². The number of pyridine rings is 1. The fourth-order valence-electron chi connectivity index (χ4n) is 1.92. The molecule has 4 N–H and O–H groups in total. The number of halogens is 1. The van der Waals surface area contributed by atoms with Crippen molar-refractivity contribution in [3.8, 4) is 0 Å². The number of nitrogen functional groups attached to an aromatic ring is 1. The normalized spacial score (nSPS) is 16.3. The van der Waals surface area contributed by atoms with E-state index >= 15 is 0 Å². The van der Waals surface area contributed by atoms with Crippen molar-refractivity contribution in [2.45, 2.75) is 19.3 Å². The lowest BCUT2D eigenvalue weighted by molar-refractivity contribution is 0.0940. The molecular weight excluding hydrogens is 254 g/mol. The molecule has 1 heterocycles. The number of hydrogen-bond donors (Lipinski definition) is 3. The van der Waals surface area contributed by atoms with Gasteiger partial charge in [0.05, 0.1) is 17.4 Å². The predicted octanol–water partition coefficient (Wildman–Crippen LogP) is 1.21. The van der Waals surface area contributed by atoms with Gasteiger partial charge in [-0.3, -0.25) is 4.79 Å². The van der Waals surface area contributed by atoms with Gasteiger partial charge in [0.25, 0.3) is 5.91 Å². The van der Waals surface area contributed by atoms with Crippen LogP contribution in [0.5, 0.6) is 0 Å². The van der Waals surface area contributed by atoms with Gasteiger partial charge in [-0.2, -0.15) is 0 Å². The molecule has 98 valence electrons. The van der Waals surface area contributed by atoms with E-state index in [9.17, 15) is 4.79 Å². The fraction of sp³-hybridized carbons (Fsp3) is 0.500. The lowest BCUT2D eigenvalue weighted by Gasteiger charge is -2.14. The van der Waals surface area contributed by atoms with Crippen molar-refractivity contribution in [1.82, 2.24) is 10.3 Å². The molecule has 18 heavy (non-hydrogen) atoms. The third kappa shape index (κ3) is 2.91. The molecule has 1 aliphatic rings. The lowest BCUT2D eigenvalue weighted by Crippen LogP contribution is -2.31. The Hall–Kier alpha value is -1.33. The molecule has 0 unspecified atom stereocenters. The zero-order chi connectivity index (χ0) is 13.2. The molecule has 0 bridgehead atoms. The van der Waals surface area contributed by atoms with Crippen molar-refractivity contribution in [2.75, 3.05) is 18.9 Å². The van der Waals surface area contributed by atoms with Crippen LogP contribution in [0.4, 0.5) is 5.69 Å². The molecule has 0 atom stereocenters. The van der Waals surface area contributed by atoms with E-state index < -0.39 is 0 Å². The van der Waals surface area contributed by atoms with Crippen LogP contribution in [0.2, 0.25) is 5.15 Å². The highest BCUT2D eigenvalue weighted by Crippen LogP contribution is 2.47. The highest BCUT2D eigenvalue weighted by Gasteiger charge is 2.41. The quantitative estimate of drug-likeness (QED) is 0.701. The third-order valence-corrected chi connectivity index (χ3v) is 3.63. The van der Waals surface area contributed by atoms with E-state index in [1.165, 1.54) is 12.3 Å². The summed E-state index contributed by atoms with van der Waals surface area (Å²) in [5, 5.41) is 11.9. The minimum atomic E-state index is -0.274. The van der Waals surface area contributed by atoms with Crippen LogP contribution in [0, 0.1) is 5.41 Å². The van der Waals surface area contributed by atoms with Gasteiger partial charge < -0.3 is 16.2 Å². The molecule has 1 saturated carbocycles. The van der Waals surface area contributed by atoms with Gasteiger partial charge in [-0.25, -0.2) is 4.98 Å². The minimum Gasteiger partial charge on any atom is -0.397 e. The molecule has 0 aliphatic heterocycles. The Morgan fingerprint density at radius 3 is 2.94 bits per heavy atom. The van der Waals surface area contributed by atoms with Crippen LogP contribution in [0.25, 0.3) is 0 Å². The zero-order valence-corrected chi connectivity index (χ0v) is 10.7. The van der Waals surface area contributed by atoms with E-state index in [4.69, 9.17) is 22.4 Å². The molecule has 0 spiro atoms. The first-order chi connectivity index (χ1) is 8.56. The summed E-state index contributed by atoms with van der Waals surface area (Å²) in [6.45, 7) is 0.702. The number of nitrogens with one attached hydrogen (secondary N) is 1. The number of anilines is 1. The first-order valence-corrected chi connectivity index (χ1v) is 6.24. The monoisotopic (exact) mass is 269 g/mol. The maximum Gasteiger partial charge on any atom is 0.254 e. The molecule has 2 rings (SSSR count). The Morgan fingerprint density at radius 2 is 2.33 bits per heavy atom. The minimum absolute atomic E-state index is 0.0740.